The van der Waals surface area contributed by atoms with Crippen LogP contribution in [0.4, 0.5) is 0 Å². The number of benzene rings is 1. The number of aromatic hydroxyl groups is 1. The standard InChI is InChI=1S/C12H17Br2NO2S/c1-12(17,7-18-2)6-15-5-8-3-9(13)11(16)10(14)4-8/h3-4,15-17H,5-7H2,1-2H3. The van der Waals surface area contributed by atoms with Crippen LogP contribution in [-0.4, -0.2) is 34.4 Å². The first-order valence-electron chi connectivity index (χ1n) is 5.44. The van der Waals surface area contributed by atoms with E-state index in [0.29, 0.717) is 27.8 Å². The first-order valence-corrected chi connectivity index (χ1v) is 8.42. The summed E-state index contributed by atoms with van der Waals surface area (Å²) < 4.78 is 1.31. The predicted octanol–water partition coefficient (Wildman–Crippen LogP) is 3.12. The minimum atomic E-state index is -0.704. The summed E-state index contributed by atoms with van der Waals surface area (Å²) in [5.74, 6) is 0.899. The second-order valence-corrected chi connectivity index (χ2v) is 7.02. The van der Waals surface area contributed by atoms with Crippen molar-refractivity contribution in [1.82, 2.24) is 5.32 Å². The molecule has 0 heterocycles. The lowest BCUT2D eigenvalue weighted by Crippen LogP contribution is -2.39. The van der Waals surface area contributed by atoms with E-state index in [1.165, 1.54) is 0 Å². The Bertz CT molecular complexity index is 390. The predicted molar refractivity (Wildman–Crippen MR) is 84.2 cm³/mol. The molecule has 1 rings (SSSR count). The number of halogens is 2. The molecule has 0 bridgehead atoms. The highest BCUT2D eigenvalue weighted by molar-refractivity contribution is 9.11. The summed E-state index contributed by atoms with van der Waals surface area (Å²) in [5.41, 5.74) is 0.330. The van der Waals surface area contributed by atoms with Crippen molar-refractivity contribution in [3.05, 3.63) is 26.6 Å². The molecule has 0 aliphatic rings. The molecular formula is C12H17Br2NO2S. The smallest absolute Gasteiger partial charge is 0.143 e. The van der Waals surface area contributed by atoms with Gasteiger partial charge in [-0.3, -0.25) is 0 Å². The molecule has 1 unspecified atom stereocenters. The Morgan fingerprint density at radius 2 is 1.89 bits per heavy atom. The lowest BCUT2D eigenvalue weighted by atomic mass is 10.1. The maximum Gasteiger partial charge on any atom is 0.143 e. The lowest BCUT2D eigenvalue weighted by Gasteiger charge is -2.22. The van der Waals surface area contributed by atoms with E-state index in [1.54, 1.807) is 11.8 Å². The largest absolute Gasteiger partial charge is 0.506 e. The number of thioether (sulfide) groups is 1. The Hall–Kier alpha value is 0.250. The van der Waals surface area contributed by atoms with E-state index in [2.05, 4.69) is 37.2 Å². The van der Waals surface area contributed by atoms with Gasteiger partial charge in [0.2, 0.25) is 0 Å². The number of phenols is 1. The number of rotatable bonds is 6. The third kappa shape index (κ3) is 5.09. The van der Waals surface area contributed by atoms with Gasteiger partial charge in [-0.25, -0.2) is 0 Å². The normalized spacial score (nSPS) is 14.5. The van der Waals surface area contributed by atoms with Crippen LogP contribution in [-0.2, 0) is 6.54 Å². The molecule has 3 nitrogen and oxygen atoms in total. The molecular weight excluding hydrogens is 382 g/mol. The molecule has 0 saturated carbocycles. The van der Waals surface area contributed by atoms with E-state index in [9.17, 15) is 10.2 Å². The molecule has 0 aliphatic carbocycles. The monoisotopic (exact) mass is 397 g/mol. The summed E-state index contributed by atoms with van der Waals surface area (Å²) in [6.45, 7) is 2.99. The van der Waals surface area contributed by atoms with Crippen LogP contribution < -0.4 is 5.32 Å². The van der Waals surface area contributed by atoms with E-state index < -0.39 is 5.60 Å². The summed E-state index contributed by atoms with van der Waals surface area (Å²) in [7, 11) is 0. The van der Waals surface area contributed by atoms with Crippen LogP contribution in [0.15, 0.2) is 21.1 Å². The SMILES string of the molecule is CSCC(C)(O)CNCc1cc(Br)c(O)c(Br)c1. The number of nitrogens with one attached hydrogen (secondary N) is 1. The Kier molecular flexibility index (Phi) is 6.47. The fraction of sp³-hybridized carbons (Fsp3) is 0.500. The second-order valence-electron chi connectivity index (χ2n) is 4.44. The van der Waals surface area contributed by atoms with Crippen molar-refractivity contribution in [3.8, 4) is 5.75 Å². The molecule has 0 radical (unpaired) electrons. The van der Waals surface area contributed by atoms with Crippen molar-refractivity contribution in [2.24, 2.45) is 0 Å². The van der Waals surface area contributed by atoms with Crippen molar-refractivity contribution in [1.29, 1.82) is 0 Å². The van der Waals surface area contributed by atoms with Crippen molar-refractivity contribution < 1.29 is 10.2 Å². The third-order valence-electron chi connectivity index (χ3n) is 2.37. The zero-order valence-electron chi connectivity index (χ0n) is 10.3. The van der Waals surface area contributed by atoms with E-state index in [0.717, 1.165) is 5.56 Å². The van der Waals surface area contributed by atoms with Gasteiger partial charge in [0.05, 0.1) is 14.5 Å². The summed E-state index contributed by atoms with van der Waals surface area (Å²) >= 11 is 8.21. The molecule has 0 amide bonds. The molecule has 0 aliphatic heterocycles. The van der Waals surface area contributed by atoms with E-state index in [-0.39, 0.29) is 5.75 Å². The maximum atomic E-state index is 10.0. The maximum absolute atomic E-state index is 10.0. The molecule has 3 N–H and O–H groups in total. The fourth-order valence-electron chi connectivity index (χ4n) is 1.56. The highest BCUT2D eigenvalue weighted by Gasteiger charge is 2.18. The Labute approximate surface area is 129 Å². The average Bonchev–Trinajstić information content (AvgIpc) is 2.25. The summed E-state index contributed by atoms with van der Waals surface area (Å²) in [4.78, 5) is 0. The van der Waals surface area contributed by atoms with Gasteiger partial charge in [0.1, 0.15) is 5.75 Å². The molecule has 0 aromatic heterocycles. The molecule has 0 saturated heterocycles. The quantitative estimate of drug-likeness (QED) is 0.689. The van der Waals surface area contributed by atoms with Gasteiger partial charge >= 0.3 is 0 Å². The van der Waals surface area contributed by atoms with E-state index in [1.807, 2.05) is 25.3 Å². The minimum Gasteiger partial charge on any atom is -0.506 e. The topological polar surface area (TPSA) is 52.5 Å². The first kappa shape index (κ1) is 16.3. The van der Waals surface area contributed by atoms with Crippen molar-refractivity contribution in [2.75, 3.05) is 18.6 Å². The molecule has 18 heavy (non-hydrogen) atoms. The van der Waals surface area contributed by atoms with Crippen LogP contribution in [0.25, 0.3) is 0 Å². The van der Waals surface area contributed by atoms with Gasteiger partial charge in [-0.15, -0.1) is 0 Å². The van der Waals surface area contributed by atoms with Gasteiger partial charge in [0, 0.05) is 18.8 Å². The van der Waals surface area contributed by atoms with Gasteiger partial charge < -0.3 is 15.5 Å². The van der Waals surface area contributed by atoms with Gasteiger partial charge in [-0.2, -0.15) is 11.8 Å². The van der Waals surface area contributed by atoms with Crippen LogP contribution in [0.2, 0.25) is 0 Å². The Morgan fingerprint density at radius 3 is 2.39 bits per heavy atom. The number of phenolic OH excluding ortho intramolecular Hbond substituents is 1. The average molecular weight is 399 g/mol. The van der Waals surface area contributed by atoms with Crippen LogP contribution in [0.5, 0.6) is 5.75 Å². The lowest BCUT2D eigenvalue weighted by molar-refractivity contribution is 0.0846. The van der Waals surface area contributed by atoms with E-state index in [4.69, 9.17) is 0 Å². The van der Waals surface area contributed by atoms with Gasteiger partial charge in [-0.1, -0.05) is 0 Å². The van der Waals surface area contributed by atoms with Crippen LogP contribution >= 0.6 is 43.6 Å². The van der Waals surface area contributed by atoms with Crippen molar-refractivity contribution in [3.63, 3.8) is 0 Å². The Morgan fingerprint density at radius 1 is 1.33 bits per heavy atom. The summed E-state index contributed by atoms with van der Waals surface area (Å²) in [6.07, 6.45) is 1.97. The summed E-state index contributed by atoms with van der Waals surface area (Å²) in [5, 5.41) is 22.8. The van der Waals surface area contributed by atoms with Crippen molar-refractivity contribution >= 4 is 43.6 Å². The van der Waals surface area contributed by atoms with Crippen LogP contribution in [0.3, 0.4) is 0 Å². The van der Waals surface area contributed by atoms with Gasteiger partial charge in [0.25, 0.3) is 0 Å². The van der Waals surface area contributed by atoms with Crippen LogP contribution in [0.1, 0.15) is 12.5 Å². The minimum absolute atomic E-state index is 0.202. The Balaban J connectivity index is 2.54. The fourth-order valence-corrected chi connectivity index (χ4v) is 3.56. The van der Waals surface area contributed by atoms with Gasteiger partial charge in [0.15, 0.2) is 0 Å². The van der Waals surface area contributed by atoms with Crippen LogP contribution in [0, 0.1) is 0 Å². The molecule has 1 aromatic carbocycles. The number of aliphatic hydroxyl groups is 1. The molecule has 1 aromatic rings. The molecule has 102 valence electrons. The molecule has 0 spiro atoms. The van der Waals surface area contributed by atoms with E-state index >= 15 is 0 Å². The van der Waals surface area contributed by atoms with Crippen molar-refractivity contribution in [2.45, 2.75) is 19.1 Å². The highest BCUT2D eigenvalue weighted by Crippen LogP contribution is 2.33. The second kappa shape index (κ2) is 7.14. The number of hydrogen-bond donors (Lipinski definition) is 3. The molecule has 1 atom stereocenters. The highest BCUT2D eigenvalue weighted by atomic mass is 79.9. The zero-order chi connectivity index (χ0) is 13.8. The summed E-state index contributed by atoms with van der Waals surface area (Å²) in [6, 6.07) is 3.72. The number of hydrogen-bond acceptors (Lipinski definition) is 4. The zero-order valence-corrected chi connectivity index (χ0v) is 14.3. The molecule has 0 fully saturated rings. The van der Waals surface area contributed by atoms with Gasteiger partial charge in [-0.05, 0) is 62.7 Å². The third-order valence-corrected chi connectivity index (χ3v) is 4.49. The first-order chi connectivity index (χ1) is 8.35. The molecule has 6 heteroatoms.